The monoisotopic (exact) mass is 343 g/mol. The van der Waals surface area contributed by atoms with Crippen LogP contribution in [0.2, 0.25) is 5.02 Å². The van der Waals surface area contributed by atoms with E-state index in [4.69, 9.17) is 21.4 Å². The van der Waals surface area contributed by atoms with Crippen LogP contribution in [0.5, 0.6) is 5.75 Å². The fourth-order valence-corrected chi connectivity index (χ4v) is 3.22. The molecule has 1 fully saturated rings. The highest BCUT2D eigenvalue weighted by atomic mass is 35.5. The van der Waals surface area contributed by atoms with Crippen LogP contribution in [0.25, 0.3) is 0 Å². The molecular formula is C19H22ClN3O. The van der Waals surface area contributed by atoms with E-state index in [1.807, 2.05) is 49.4 Å². The van der Waals surface area contributed by atoms with E-state index in [2.05, 4.69) is 16.0 Å². The minimum absolute atomic E-state index is 0.742. The number of nitrogens with zero attached hydrogens (tertiary/aromatic N) is 3. The Morgan fingerprint density at radius 2 is 1.67 bits per heavy atom. The molecule has 2 aromatic carbocycles. The number of hydrogen-bond acceptors (Lipinski definition) is 4. The molecule has 0 N–H and O–H groups in total. The molecule has 0 aromatic heterocycles. The van der Waals surface area contributed by atoms with Crippen molar-refractivity contribution in [3.8, 4) is 5.75 Å². The summed E-state index contributed by atoms with van der Waals surface area (Å²) in [6.07, 6.45) is 0. The largest absolute Gasteiger partial charge is 0.495 e. The van der Waals surface area contributed by atoms with Crippen molar-refractivity contribution in [2.75, 3.05) is 38.2 Å². The topological polar surface area (TPSA) is 28.1 Å². The summed E-state index contributed by atoms with van der Waals surface area (Å²) in [5, 5.41) is 7.60. The van der Waals surface area contributed by atoms with Gasteiger partial charge in [-0.15, -0.1) is 0 Å². The van der Waals surface area contributed by atoms with E-state index >= 15 is 0 Å². The minimum atomic E-state index is 0.742. The zero-order chi connectivity index (χ0) is 16.9. The molecule has 1 saturated heterocycles. The average Bonchev–Trinajstić information content (AvgIpc) is 2.62. The van der Waals surface area contributed by atoms with Gasteiger partial charge in [0.15, 0.2) is 0 Å². The van der Waals surface area contributed by atoms with Gasteiger partial charge in [0.2, 0.25) is 0 Å². The van der Waals surface area contributed by atoms with Crippen LogP contribution in [0.3, 0.4) is 0 Å². The molecule has 1 aliphatic rings. The first-order chi connectivity index (χ1) is 11.7. The SMILES string of the molecule is COc1ccccc1N1CCN(/N=C(\C)c2ccccc2Cl)CC1. The van der Waals surface area contributed by atoms with E-state index < -0.39 is 0 Å². The Bertz CT molecular complexity index is 724. The Kier molecular flexibility index (Phi) is 5.26. The first-order valence-electron chi connectivity index (χ1n) is 8.12. The maximum absolute atomic E-state index is 6.25. The smallest absolute Gasteiger partial charge is 0.142 e. The summed E-state index contributed by atoms with van der Waals surface area (Å²) in [6.45, 7) is 5.59. The zero-order valence-corrected chi connectivity index (χ0v) is 14.8. The zero-order valence-electron chi connectivity index (χ0n) is 14.1. The molecule has 0 saturated carbocycles. The fraction of sp³-hybridized carbons (Fsp3) is 0.316. The van der Waals surface area contributed by atoms with Crippen LogP contribution >= 0.6 is 11.6 Å². The number of para-hydroxylation sites is 2. The maximum Gasteiger partial charge on any atom is 0.142 e. The van der Waals surface area contributed by atoms with Crippen LogP contribution in [0.15, 0.2) is 53.6 Å². The number of piperazine rings is 1. The third-order valence-corrected chi connectivity index (χ3v) is 4.57. The molecule has 24 heavy (non-hydrogen) atoms. The van der Waals surface area contributed by atoms with Gasteiger partial charge >= 0.3 is 0 Å². The molecule has 4 nitrogen and oxygen atoms in total. The average molecular weight is 344 g/mol. The summed E-state index contributed by atoms with van der Waals surface area (Å²) >= 11 is 6.25. The van der Waals surface area contributed by atoms with Gasteiger partial charge in [0.05, 0.1) is 31.6 Å². The molecule has 0 unspecified atom stereocenters. The lowest BCUT2D eigenvalue weighted by atomic mass is 10.1. The molecule has 0 amide bonds. The Hall–Kier alpha value is -2.20. The van der Waals surface area contributed by atoms with Crippen molar-refractivity contribution in [1.29, 1.82) is 0 Å². The van der Waals surface area contributed by atoms with E-state index in [-0.39, 0.29) is 0 Å². The lowest BCUT2D eigenvalue weighted by Crippen LogP contribution is -2.44. The van der Waals surface area contributed by atoms with Gasteiger partial charge in [-0.1, -0.05) is 41.9 Å². The molecule has 0 radical (unpaired) electrons. The minimum Gasteiger partial charge on any atom is -0.495 e. The molecule has 0 atom stereocenters. The number of anilines is 1. The van der Waals surface area contributed by atoms with Crippen LogP contribution in [-0.4, -0.2) is 44.0 Å². The van der Waals surface area contributed by atoms with Gasteiger partial charge in [-0.05, 0) is 25.1 Å². The second-order valence-electron chi connectivity index (χ2n) is 5.78. The van der Waals surface area contributed by atoms with Crippen LogP contribution in [0.4, 0.5) is 5.69 Å². The number of hydrogen-bond donors (Lipinski definition) is 0. The molecule has 5 heteroatoms. The molecule has 1 aliphatic heterocycles. The highest BCUT2D eigenvalue weighted by Gasteiger charge is 2.19. The first kappa shape index (κ1) is 16.7. The number of benzene rings is 2. The second kappa shape index (κ2) is 7.58. The van der Waals surface area contributed by atoms with Crippen LogP contribution in [-0.2, 0) is 0 Å². The number of rotatable bonds is 4. The van der Waals surface area contributed by atoms with E-state index in [0.717, 1.165) is 53.9 Å². The summed E-state index contributed by atoms with van der Waals surface area (Å²) in [5.41, 5.74) is 3.09. The summed E-state index contributed by atoms with van der Waals surface area (Å²) in [5.74, 6) is 0.918. The number of methoxy groups -OCH3 is 1. The highest BCUT2D eigenvalue weighted by Crippen LogP contribution is 2.28. The third kappa shape index (κ3) is 3.65. The van der Waals surface area contributed by atoms with E-state index in [0.29, 0.717) is 0 Å². The third-order valence-electron chi connectivity index (χ3n) is 4.24. The molecule has 3 rings (SSSR count). The second-order valence-corrected chi connectivity index (χ2v) is 6.19. The Balaban J connectivity index is 1.67. The van der Waals surface area contributed by atoms with Crippen molar-refractivity contribution in [1.82, 2.24) is 5.01 Å². The van der Waals surface area contributed by atoms with Crippen molar-refractivity contribution < 1.29 is 4.74 Å². The molecular weight excluding hydrogens is 322 g/mol. The molecule has 2 aromatic rings. The first-order valence-corrected chi connectivity index (χ1v) is 8.50. The van der Waals surface area contributed by atoms with Crippen molar-refractivity contribution in [3.63, 3.8) is 0 Å². The fourth-order valence-electron chi connectivity index (χ4n) is 2.95. The lowest BCUT2D eigenvalue weighted by molar-refractivity contribution is 0.269. The quantitative estimate of drug-likeness (QED) is 0.788. The predicted octanol–water partition coefficient (Wildman–Crippen LogP) is 3.89. The van der Waals surface area contributed by atoms with Gasteiger partial charge in [-0.25, -0.2) is 0 Å². The van der Waals surface area contributed by atoms with Crippen LogP contribution in [0, 0.1) is 0 Å². The molecule has 0 spiro atoms. The molecule has 0 aliphatic carbocycles. The number of halogens is 1. The van der Waals surface area contributed by atoms with Crippen molar-refractivity contribution in [2.45, 2.75) is 6.92 Å². The summed E-state index contributed by atoms with van der Waals surface area (Å²) in [6, 6.07) is 16.0. The summed E-state index contributed by atoms with van der Waals surface area (Å²) in [4.78, 5) is 2.34. The van der Waals surface area contributed by atoms with Gasteiger partial charge in [0, 0.05) is 23.7 Å². The highest BCUT2D eigenvalue weighted by molar-refractivity contribution is 6.34. The number of ether oxygens (including phenoxy) is 1. The lowest BCUT2D eigenvalue weighted by Gasteiger charge is -2.35. The predicted molar refractivity (Wildman–Crippen MR) is 100 cm³/mol. The van der Waals surface area contributed by atoms with Gasteiger partial charge < -0.3 is 9.64 Å². The summed E-state index contributed by atoms with van der Waals surface area (Å²) in [7, 11) is 1.71. The molecule has 0 bridgehead atoms. The number of hydrazone groups is 1. The van der Waals surface area contributed by atoms with Gasteiger partial charge in [0.1, 0.15) is 5.75 Å². The van der Waals surface area contributed by atoms with Crippen molar-refractivity contribution in [3.05, 3.63) is 59.1 Å². The van der Waals surface area contributed by atoms with Crippen LogP contribution in [0.1, 0.15) is 12.5 Å². The Morgan fingerprint density at radius 1 is 1.00 bits per heavy atom. The standard InChI is InChI=1S/C19H22ClN3O/c1-15(16-7-3-4-8-17(16)20)21-23-13-11-22(12-14-23)18-9-5-6-10-19(18)24-2/h3-10H,11-14H2,1-2H3/b21-15+. The van der Waals surface area contributed by atoms with E-state index in [9.17, 15) is 0 Å². The van der Waals surface area contributed by atoms with Gasteiger partial charge in [-0.2, -0.15) is 5.10 Å². The Morgan fingerprint density at radius 3 is 2.38 bits per heavy atom. The van der Waals surface area contributed by atoms with Crippen molar-refractivity contribution in [2.24, 2.45) is 5.10 Å². The van der Waals surface area contributed by atoms with Crippen molar-refractivity contribution >= 4 is 23.0 Å². The molecule has 126 valence electrons. The molecule has 1 heterocycles. The van der Waals surface area contributed by atoms with E-state index in [1.54, 1.807) is 7.11 Å². The van der Waals surface area contributed by atoms with Crippen LogP contribution < -0.4 is 9.64 Å². The van der Waals surface area contributed by atoms with E-state index in [1.165, 1.54) is 0 Å². The van der Waals surface area contributed by atoms with Gasteiger partial charge in [0.25, 0.3) is 0 Å². The Labute approximate surface area is 148 Å². The van der Waals surface area contributed by atoms with Gasteiger partial charge in [-0.3, -0.25) is 5.01 Å². The summed E-state index contributed by atoms with van der Waals surface area (Å²) < 4.78 is 5.46. The normalized spacial score (nSPS) is 15.5. The maximum atomic E-state index is 6.25.